The van der Waals surface area contributed by atoms with Crippen molar-refractivity contribution in [1.82, 2.24) is 9.80 Å². The second-order valence-corrected chi connectivity index (χ2v) is 7.08. The molecule has 0 aliphatic carbocycles. The van der Waals surface area contributed by atoms with Crippen LogP contribution in [0.1, 0.15) is 18.9 Å². The summed E-state index contributed by atoms with van der Waals surface area (Å²) in [5, 5.41) is 0.612. The lowest BCUT2D eigenvalue weighted by Crippen LogP contribution is -2.51. The third-order valence-electron chi connectivity index (χ3n) is 4.98. The molecule has 0 bridgehead atoms. The van der Waals surface area contributed by atoms with Gasteiger partial charge in [-0.25, -0.2) is 0 Å². The van der Waals surface area contributed by atoms with Crippen molar-refractivity contribution in [3.05, 3.63) is 28.8 Å². The predicted molar refractivity (Wildman–Crippen MR) is 95.5 cm³/mol. The van der Waals surface area contributed by atoms with Crippen LogP contribution in [0.2, 0.25) is 5.02 Å². The van der Waals surface area contributed by atoms with E-state index in [0.29, 0.717) is 37.7 Å². The summed E-state index contributed by atoms with van der Waals surface area (Å²) < 4.78 is 0. The number of amides is 3. The molecule has 0 aromatic heterocycles. The first kappa shape index (κ1) is 17.7. The Morgan fingerprint density at radius 3 is 2.36 bits per heavy atom. The van der Waals surface area contributed by atoms with Crippen LogP contribution in [-0.2, 0) is 14.4 Å². The normalized spacial score (nSPS) is 21.0. The summed E-state index contributed by atoms with van der Waals surface area (Å²) in [5.41, 5.74) is 1.69. The van der Waals surface area contributed by atoms with E-state index >= 15 is 0 Å². The highest BCUT2D eigenvalue weighted by molar-refractivity contribution is 6.31. The van der Waals surface area contributed by atoms with E-state index in [-0.39, 0.29) is 30.1 Å². The molecule has 2 aliphatic heterocycles. The molecule has 0 radical (unpaired) electrons. The van der Waals surface area contributed by atoms with Crippen LogP contribution >= 0.6 is 11.6 Å². The Bertz CT molecular complexity index is 714. The molecule has 2 fully saturated rings. The van der Waals surface area contributed by atoms with Crippen LogP contribution in [0.4, 0.5) is 5.69 Å². The summed E-state index contributed by atoms with van der Waals surface area (Å²) >= 11 is 6.15. The number of carbonyl (C=O) groups excluding carboxylic acids is 3. The number of rotatable bonds is 2. The fraction of sp³-hybridized carbons (Fsp3) is 0.500. The van der Waals surface area contributed by atoms with Gasteiger partial charge in [0, 0.05) is 56.8 Å². The highest BCUT2D eigenvalue weighted by atomic mass is 35.5. The summed E-state index contributed by atoms with van der Waals surface area (Å²) in [4.78, 5) is 41.6. The van der Waals surface area contributed by atoms with E-state index in [0.717, 1.165) is 11.3 Å². The van der Waals surface area contributed by atoms with Crippen LogP contribution in [0, 0.1) is 12.8 Å². The van der Waals surface area contributed by atoms with Gasteiger partial charge in [-0.3, -0.25) is 14.4 Å². The van der Waals surface area contributed by atoms with Crippen molar-refractivity contribution in [2.75, 3.05) is 37.6 Å². The van der Waals surface area contributed by atoms with Crippen LogP contribution in [0.3, 0.4) is 0 Å². The zero-order chi connectivity index (χ0) is 18.1. The molecule has 134 valence electrons. The van der Waals surface area contributed by atoms with Crippen molar-refractivity contribution in [1.29, 1.82) is 0 Å². The number of nitrogens with zero attached hydrogens (tertiary/aromatic N) is 3. The Morgan fingerprint density at radius 2 is 1.76 bits per heavy atom. The SMILES string of the molecule is CC(=O)N1CCN(C(=O)C2CC(=O)N(c3ccc(C)c(Cl)c3)C2)CC1. The third-order valence-corrected chi connectivity index (χ3v) is 5.39. The number of hydrogen-bond donors (Lipinski definition) is 0. The van der Waals surface area contributed by atoms with Crippen molar-refractivity contribution >= 4 is 35.0 Å². The van der Waals surface area contributed by atoms with Gasteiger partial charge in [0.05, 0.1) is 5.92 Å². The molecule has 1 aromatic rings. The minimum absolute atomic E-state index is 0.00254. The summed E-state index contributed by atoms with van der Waals surface area (Å²) in [6.07, 6.45) is 0.219. The van der Waals surface area contributed by atoms with E-state index in [2.05, 4.69) is 0 Å². The topological polar surface area (TPSA) is 60.9 Å². The highest BCUT2D eigenvalue weighted by Crippen LogP contribution is 2.29. The molecule has 0 spiro atoms. The predicted octanol–water partition coefficient (Wildman–Crippen LogP) is 1.69. The van der Waals surface area contributed by atoms with Crippen LogP contribution < -0.4 is 4.90 Å². The van der Waals surface area contributed by atoms with E-state index in [4.69, 9.17) is 11.6 Å². The van der Waals surface area contributed by atoms with Crippen LogP contribution in [-0.4, -0.2) is 60.2 Å². The van der Waals surface area contributed by atoms with E-state index in [1.54, 1.807) is 20.8 Å². The van der Waals surface area contributed by atoms with Gasteiger partial charge in [0.1, 0.15) is 0 Å². The number of halogens is 1. The quantitative estimate of drug-likeness (QED) is 0.803. The van der Waals surface area contributed by atoms with Gasteiger partial charge in [-0.15, -0.1) is 0 Å². The largest absolute Gasteiger partial charge is 0.339 e. The van der Waals surface area contributed by atoms with Gasteiger partial charge < -0.3 is 14.7 Å². The maximum absolute atomic E-state index is 12.7. The number of hydrogen-bond acceptors (Lipinski definition) is 3. The van der Waals surface area contributed by atoms with E-state index < -0.39 is 0 Å². The standard InChI is InChI=1S/C18H22ClN3O3/c1-12-3-4-15(10-16(12)19)22-11-14(9-17(22)24)18(25)21-7-5-20(6-8-21)13(2)23/h3-4,10,14H,5-9,11H2,1-2H3. The molecular weight excluding hydrogens is 342 g/mol. The Balaban J connectivity index is 1.65. The zero-order valence-corrected chi connectivity index (χ0v) is 15.3. The Kier molecular flexibility index (Phi) is 4.99. The molecule has 2 heterocycles. The monoisotopic (exact) mass is 363 g/mol. The highest BCUT2D eigenvalue weighted by Gasteiger charge is 2.38. The Morgan fingerprint density at radius 1 is 1.12 bits per heavy atom. The fourth-order valence-corrected chi connectivity index (χ4v) is 3.55. The van der Waals surface area contributed by atoms with Crippen molar-refractivity contribution in [3.63, 3.8) is 0 Å². The van der Waals surface area contributed by atoms with E-state index in [1.165, 1.54) is 6.92 Å². The van der Waals surface area contributed by atoms with E-state index in [9.17, 15) is 14.4 Å². The number of piperazine rings is 1. The second-order valence-electron chi connectivity index (χ2n) is 6.67. The molecule has 1 atom stereocenters. The molecule has 7 heteroatoms. The molecule has 0 saturated carbocycles. The molecule has 6 nitrogen and oxygen atoms in total. The molecule has 2 saturated heterocycles. The molecule has 1 unspecified atom stereocenters. The number of aryl methyl sites for hydroxylation is 1. The molecular formula is C18H22ClN3O3. The smallest absolute Gasteiger partial charge is 0.228 e. The van der Waals surface area contributed by atoms with Crippen molar-refractivity contribution in [2.24, 2.45) is 5.92 Å². The fourth-order valence-electron chi connectivity index (χ4n) is 3.37. The van der Waals surface area contributed by atoms with Crippen LogP contribution in [0.15, 0.2) is 18.2 Å². The first-order valence-corrected chi connectivity index (χ1v) is 8.85. The molecule has 0 N–H and O–H groups in total. The Hall–Kier alpha value is -2.08. The first-order chi connectivity index (χ1) is 11.9. The summed E-state index contributed by atoms with van der Waals surface area (Å²) in [7, 11) is 0. The lowest BCUT2D eigenvalue weighted by atomic mass is 10.1. The molecule has 1 aromatic carbocycles. The summed E-state index contributed by atoms with van der Waals surface area (Å²) in [5.74, 6) is -0.361. The number of anilines is 1. The summed E-state index contributed by atoms with van der Waals surface area (Å²) in [6, 6.07) is 5.51. The van der Waals surface area contributed by atoms with Gasteiger partial charge >= 0.3 is 0 Å². The average Bonchev–Trinajstić information content (AvgIpc) is 2.98. The molecule has 25 heavy (non-hydrogen) atoms. The van der Waals surface area contributed by atoms with Gasteiger partial charge in [-0.2, -0.15) is 0 Å². The van der Waals surface area contributed by atoms with Crippen molar-refractivity contribution in [2.45, 2.75) is 20.3 Å². The van der Waals surface area contributed by atoms with Crippen LogP contribution in [0.5, 0.6) is 0 Å². The minimum atomic E-state index is -0.337. The lowest BCUT2D eigenvalue weighted by molar-refractivity contribution is -0.141. The zero-order valence-electron chi connectivity index (χ0n) is 14.5. The minimum Gasteiger partial charge on any atom is -0.339 e. The third kappa shape index (κ3) is 3.63. The maximum Gasteiger partial charge on any atom is 0.228 e. The van der Waals surface area contributed by atoms with E-state index in [1.807, 2.05) is 19.1 Å². The Labute approximate surface area is 152 Å². The average molecular weight is 364 g/mol. The second kappa shape index (κ2) is 7.04. The lowest BCUT2D eigenvalue weighted by Gasteiger charge is -2.35. The molecule has 3 amide bonds. The van der Waals surface area contributed by atoms with Crippen LogP contribution in [0.25, 0.3) is 0 Å². The van der Waals surface area contributed by atoms with Crippen molar-refractivity contribution < 1.29 is 14.4 Å². The van der Waals surface area contributed by atoms with Gasteiger partial charge in [-0.05, 0) is 24.6 Å². The number of carbonyl (C=O) groups is 3. The van der Waals surface area contributed by atoms with Gasteiger partial charge in [0.2, 0.25) is 17.7 Å². The van der Waals surface area contributed by atoms with Crippen molar-refractivity contribution in [3.8, 4) is 0 Å². The number of benzene rings is 1. The van der Waals surface area contributed by atoms with Gasteiger partial charge in [-0.1, -0.05) is 17.7 Å². The van der Waals surface area contributed by atoms with Gasteiger partial charge in [0.25, 0.3) is 0 Å². The molecule has 2 aliphatic rings. The van der Waals surface area contributed by atoms with Gasteiger partial charge in [0.15, 0.2) is 0 Å². The first-order valence-electron chi connectivity index (χ1n) is 8.47. The summed E-state index contributed by atoms with van der Waals surface area (Å²) in [6.45, 7) is 5.99. The maximum atomic E-state index is 12.7. The molecule has 3 rings (SSSR count).